The predicted molar refractivity (Wildman–Crippen MR) is 96.2 cm³/mol. The van der Waals surface area contributed by atoms with Gasteiger partial charge < -0.3 is 20.7 Å². The molecule has 0 aliphatic heterocycles. The van der Waals surface area contributed by atoms with Gasteiger partial charge in [-0.3, -0.25) is 4.79 Å². The molecule has 6 nitrogen and oxygen atoms in total. The zero-order valence-electron chi connectivity index (χ0n) is 14.6. The summed E-state index contributed by atoms with van der Waals surface area (Å²) >= 11 is 0. The lowest BCUT2D eigenvalue weighted by atomic mass is 9.96. The number of ether oxygens (including phenoxy) is 1. The third-order valence-corrected chi connectivity index (χ3v) is 4.19. The smallest absolute Gasteiger partial charge is 0.241 e. The summed E-state index contributed by atoms with van der Waals surface area (Å²) in [4.78, 5) is 16.1. The molecule has 3 N–H and O–H groups in total. The average molecular weight is 332 g/mol. The Morgan fingerprint density at radius 2 is 1.96 bits per heavy atom. The third-order valence-electron chi connectivity index (χ3n) is 4.19. The maximum absolute atomic E-state index is 11.7. The molecule has 0 radical (unpaired) electrons. The highest BCUT2D eigenvalue weighted by molar-refractivity contribution is 5.85. The molecule has 1 aromatic rings. The predicted octanol–water partition coefficient (Wildman–Crippen LogP) is 1.04. The van der Waals surface area contributed by atoms with Crippen LogP contribution in [-0.4, -0.2) is 51.8 Å². The zero-order valence-corrected chi connectivity index (χ0v) is 14.6. The number of carbonyl (C=O) groups is 1. The average Bonchev–Trinajstić information content (AvgIpc) is 3.40. The summed E-state index contributed by atoms with van der Waals surface area (Å²) in [5.74, 6) is 0.579. The number of nitrogens with one attached hydrogen (secondary N) is 3. The summed E-state index contributed by atoms with van der Waals surface area (Å²) in [7, 11) is 1.61. The quantitative estimate of drug-likeness (QED) is 0.359. The van der Waals surface area contributed by atoms with Crippen LogP contribution in [0.2, 0.25) is 0 Å². The Bertz CT molecular complexity index is 541. The lowest BCUT2D eigenvalue weighted by molar-refractivity contribution is -0.119. The summed E-state index contributed by atoms with van der Waals surface area (Å²) < 4.78 is 4.91. The second-order valence-electron chi connectivity index (χ2n) is 6.04. The summed E-state index contributed by atoms with van der Waals surface area (Å²) in [5, 5.41) is 9.34. The number of amides is 1. The third kappa shape index (κ3) is 5.53. The van der Waals surface area contributed by atoms with Gasteiger partial charge in [-0.05, 0) is 25.3 Å². The number of hydrogen-bond acceptors (Lipinski definition) is 3. The molecule has 0 spiro atoms. The van der Waals surface area contributed by atoms with Gasteiger partial charge in [0.2, 0.25) is 5.91 Å². The minimum absolute atomic E-state index is 0.103. The van der Waals surface area contributed by atoms with Crippen molar-refractivity contribution in [3.63, 3.8) is 0 Å². The molecule has 0 bridgehead atoms. The van der Waals surface area contributed by atoms with E-state index in [1.807, 2.05) is 13.0 Å². The monoisotopic (exact) mass is 332 g/mol. The molecule has 132 valence electrons. The van der Waals surface area contributed by atoms with Crippen molar-refractivity contribution in [3.05, 3.63) is 35.9 Å². The molecule has 1 aliphatic rings. The van der Waals surface area contributed by atoms with Crippen LogP contribution in [-0.2, 0) is 14.9 Å². The van der Waals surface area contributed by atoms with Crippen molar-refractivity contribution in [2.75, 3.05) is 39.9 Å². The summed E-state index contributed by atoms with van der Waals surface area (Å²) in [6, 6.07) is 10.6. The highest BCUT2D eigenvalue weighted by atomic mass is 16.5. The van der Waals surface area contributed by atoms with E-state index in [0.717, 1.165) is 13.1 Å². The Labute approximate surface area is 144 Å². The normalized spacial score (nSPS) is 15.7. The van der Waals surface area contributed by atoms with Gasteiger partial charge in [0.05, 0.1) is 6.61 Å². The van der Waals surface area contributed by atoms with Gasteiger partial charge >= 0.3 is 0 Å². The van der Waals surface area contributed by atoms with E-state index in [-0.39, 0.29) is 17.9 Å². The number of rotatable bonds is 9. The molecular weight excluding hydrogens is 304 g/mol. The number of hydrogen-bond donors (Lipinski definition) is 3. The number of guanidine groups is 1. The van der Waals surface area contributed by atoms with Gasteiger partial charge in [-0.2, -0.15) is 0 Å². The van der Waals surface area contributed by atoms with Crippen molar-refractivity contribution in [1.29, 1.82) is 0 Å². The lowest BCUT2D eigenvalue weighted by Gasteiger charge is -2.19. The molecule has 1 saturated carbocycles. The van der Waals surface area contributed by atoms with Gasteiger partial charge in [0, 0.05) is 32.2 Å². The SMILES string of the molecule is CCNC(=NCC(=O)NCCOC)NCC1(c2ccccc2)CC1. The number of benzene rings is 1. The van der Waals surface area contributed by atoms with Gasteiger partial charge in [0.25, 0.3) is 0 Å². The lowest BCUT2D eigenvalue weighted by Crippen LogP contribution is -2.42. The number of nitrogens with zero attached hydrogens (tertiary/aromatic N) is 1. The van der Waals surface area contributed by atoms with Gasteiger partial charge in [0.15, 0.2) is 5.96 Å². The van der Waals surface area contributed by atoms with Crippen LogP contribution in [0, 0.1) is 0 Å². The minimum Gasteiger partial charge on any atom is -0.383 e. The van der Waals surface area contributed by atoms with Gasteiger partial charge in [-0.1, -0.05) is 30.3 Å². The van der Waals surface area contributed by atoms with Crippen molar-refractivity contribution in [2.24, 2.45) is 4.99 Å². The van der Waals surface area contributed by atoms with Crippen LogP contribution < -0.4 is 16.0 Å². The number of aliphatic imine (C=N–C) groups is 1. The second kappa shape index (κ2) is 9.27. The number of carbonyl (C=O) groups excluding carboxylic acids is 1. The topological polar surface area (TPSA) is 74.8 Å². The van der Waals surface area contributed by atoms with Crippen LogP contribution >= 0.6 is 0 Å². The van der Waals surface area contributed by atoms with Gasteiger partial charge in [0.1, 0.15) is 6.54 Å². The molecule has 2 rings (SSSR count). The molecular formula is C18H28N4O2. The van der Waals surface area contributed by atoms with Gasteiger partial charge in [-0.15, -0.1) is 0 Å². The summed E-state index contributed by atoms with van der Waals surface area (Å²) in [5.41, 5.74) is 1.57. The van der Waals surface area contributed by atoms with Crippen molar-refractivity contribution in [1.82, 2.24) is 16.0 Å². The highest BCUT2D eigenvalue weighted by Crippen LogP contribution is 2.47. The Morgan fingerprint density at radius 1 is 1.21 bits per heavy atom. The molecule has 1 aromatic carbocycles. The molecule has 6 heteroatoms. The van der Waals surface area contributed by atoms with Crippen LogP contribution in [0.15, 0.2) is 35.3 Å². The molecule has 0 saturated heterocycles. The Balaban J connectivity index is 1.85. The van der Waals surface area contributed by atoms with Crippen molar-refractivity contribution < 1.29 is 9.53 Å². The van der Waals surface area contributed by atoms with E-state index < -0.39 is 0 Å². The first-order chi connectivity index (χ1) is 11.7. The van der Waals surface area contributed by atoms with E-state index in [0.29, 0.717) is 19.1 Å². The van der Waals surface area contributed by atoms with E-state index in [4.69, 9.17) is 4.74 Å². The molecule has 0 unspecified atom stereocenters. The van der Waals surface area contributed by atoms with Crippen LogP contribution in [0.1, 0.15) is 25.3 Å². The van der Waals surface area contributed by atoms with Crippen LogP contribution in [0.4, 0.5) is 0 Å². The fourth-order valence-corrected chi connectivity index (χ4v) is 2.60. The molecule has 1 fully saturated rings. The van der Waals surface area contributed by atoms with Gasteiger partial charge in [-0.25, -0.2) is 4.99 Å². The first kappa shape index (κ1) is 18.3. The standard InChI is InChI=1S/C18H28N4O2/c1-3-19-17(21-13-16(23)20-11-12-24-2)22-14-18(9-10-18)15-7-5-4-6-8-15/h4-8H,3,9-14H2,1-2H3,(H,20,23)(H2,19,21,22). The van der Waals surface area contributed by atoms with Crippen molar-refractivity contribution in [2.45, 2.75) is 25.2 Å². The largest absolute Gasteiger partial charge is 0.383 e. The first-order valence-corrected chi connectivity index (χ1v) is 8.53. The van der Waals surface area contributed by atoms with E-state index in [2.05, 4.69) is 45.2 Å². The summed E-state index contributed by atoms with van der Waals surface area (Å²) in [6.07, 6.45) is 2.36. The minimum atomic E-state index is -0.103. The molecule has 1 aliphatic carbocycles. The van der Waals surface area contributed by atoms with Crippen LogP contribution in [0.5, 0.6) is 0 Å². The van der Waals surface area contributed by atoms with E-state index in [1.54, 1.807) is 7.11 Å². The van der Waals surface area contributed by atoms with E-state index in [9.17, 15) is 4.79 Å². The first-order valence-electron chi connectivity index (χ1n) is 8.53. The molecule has 0 aromatic heterocycles. The van der Waals surface area contributed by atoms with Crippen molar-refractivity contribution in [3.8, 4) is 0 Å². The Morgan fingerprint density at radius 3 is 2.58 bits per heavy atom. The van der Waals surface area contributed by atoms with Crippen LogP contribution in [0.25, 0.3) is 0 Å². The van der Waals surface area contributed by atoms with E-state index >= 15 is 0 Å². The number of methoxy groups -OCH3 is 1. The van der Waals surface area contributed by atoms with Crippen LogP contribution in [0.3, 0.4) is 0 Å². The Kier molecular flexibility index (Phi) is 7.06. The summed E-state index contributed by atoms with van der Waals surface area (Å²) in [6.45, 7) is 4.72. The van der Waals surface area contributed by atoms with E-state index in [1.165, 1.54) is 18.4 Å². The fraction of sp³-hybridized carbons (Fsp3) is 0.556. The maximum atomic E-state index is 11.7. The second-order valence-corrected chi connectivity index (χ2v) is 6.04. The molecule has 0 atom stereocenters. The Hall–Kier alpha value is -2.08. The highest BCUT2D eigenvalue weighted by Gasteiger charge is 2.43. The molecule has 24 heavy (non-hydrogen) atoms. The maximum Gasteiger partial charge on any atom is 0.241 e. The molecule has 1 amide bonds. The molecule has 0 heterocycles. The zero-order chi connectivity index (χ0) is 17.3. The van der Waals surface area contributed by atoms with Crippen molar-refractivity contribution >= 4 is 11.9 Å². The fourth-order valence-electron chi connectivity index (χ4n) is 2.60.